The van der Waals surface area contributed by atoms with E-state index in [0.717, 1.165) is 30.1 Å². The van der Waals surface area contributed by atoms with E-state index in [2.05, 4.69) is 23.3 Å². The topological polar surface area (TPSA) is 62.9 Å². The Morgan fingerprint density at radius 2 is 2.35 bits per heavy atom. The summed E-state index contributed by atoms with van der Waals surface area (Å²) in [7, 11) is 1.62. The summed E-state index contributed by atoms with van der Waals surface area (Å²) in [6, 6.07) is 9.38. The fourth-order valence-electron chi connectivity index (χ4n) is 2.05. The van der Waals surface area contributed by atoms with Gasteiger partial charge in [-0.3, -0.25) is 0 Å². The van der Waals surface area contributed by atoms with Gasteiger partial charge >= 0.3 is 0 Å². The normalized spacial score (nSPS) is 11.7. The number of aromatic nitrogens is 2. The first kappa shape index (κ1) is 13.9. The number of ether oxygens (including phenoxy) is 1. The third-order valence-electron chi connectivity index (χ3n) is 3.01. The van der Waals surface area contributed by atoms with E-state index in [1.165, 1.54) is 0 Å². The summed E-state index contributed by atoms with van der Waals surface area (Å²) in [4.78, 5) is 4.13. The molecule has 0 saturated heterocycles. The smallest absolute Gasteiger partial charge is 0.156 e. The Hall–Kier alpha value is -2.48. The number of nitrogens with zero attached hydrogens (tertiary/aromatic N) is 3. The van der Waals surface area contributed by atoms with Crippen molar-refractivity contribution in [2.75, 3.05) is 12.4 Å². The predicted octanol–water partition coefficient (Wildman–Crippen LogP) is 2.98. The standard InChI is InChI=1S/C15H18N4O/c1-3-7-19-11-17-10-15(19)14(9-16)18-12-5-4-6-13(8-12)20-2/h4-6,8,10-11,14,18H,3,7H2,1-2H3. The number of hydrogen-bond acceptors (Lipinski definition) is 4. The molecule has 1 unspecified atom stereocenters. The van der Waals surface area contributed by atoms with Gasteiger partial charge in [0.25, 0.3) is 0 Å². The summed E-state index contributed by atoms with van der Waals surface area (Å²) in [5.41, 5.74) is 1.72. The van der Waals surface area contributed by atoms with E-state index in [-0.39, 0.29) is 0 Å². The van der Waals surface area contributed by atoms with Crippen molar-refractivity contribution in [3.63, 3.8) is 0 Å². The average Bonchev–Trinajstić information content (AvgIpc) is 2.93. The second-order valence-corrected chi connectivity index (χ2v) is 4.45. The molecule has 20 heavy (non-hydrogen) atoms. The third-order valence-corrected chi connectivity index (χ3v) is 3.01. The van der Waals surface area contributed by atoms with Crippen molar-refractivity contribution in [2.24, 2.45) is 0 Å². The molecule has 0 aliphatic heterocycles. The molecular formula is C15H18N4O. The van der Waals surface area contributed by atoms with Crippen LogP contribution in [0.1, 0.15) is 25.1 Å². The lowest BCUT2D eigenvalue weighted by molar-refractivity contribution is 0.415. The van der Waals surface area contributed by atoms with Crippen LogP contribution in [0.15, 0.2) is 36.8 Å². The van der Waals surface area contributed by atoms with Gasteiger partial charge in [-0.15, -0.1) is 0 Å². The Morgan fingerprint density at radius 3 is 3.05 bits per heavy atom. The highest BCUT2D eigenvalue weighted by Crippen LogP contribution is 2.22. The van der Waals surface area contributed by atoms with Gasteiger partial charge in [-0.25, -0.2) is 4.98 Å². The molecule has 2 rings (SSSR count). The van der Waals surface area contributed by atoms with E-state index in [0.29, 0.717) is 0 Å². The van der Waals surface area contributed by atoms with Crippen LogP contribution in [0.25, 0.3) is 0 Å². The van der Waals surface area contributed by atoms with Crippen LogP contribution >= 0.6 is 0 Å². The first-order valence-electron chi connectivity index (χ1n) is 6.58. The second-order valence-electron chi connectivity index (χ2n) is 4.45. The van der Waals surface area contributed by atoms with Gasteiger partial charge in [0, 0.05) is 18.3 Å². The van der Waals surface area contributed by atoms with Gasteiger partial charge < -0.3 is 14.6 Å². The Kier molecular flexibility index (Phi) is 4.61. The second kappa shape index (κ2) is 6.62. The van der Waals surface area contributed by atoms with Crippen LogP contribution in [0.4, 0.5) is 5.69 Å². The molecule has 0 amide bonds. The maximum absolute atomic E-state index is 9.39. The summed E-state index contributed by atoms with van der Waals surface area (Å²) in [5, 5.41) is 12.6. The number of nitrogens with one attached hydrogen (secondary N) is 1. The summed E-state index contributed by atoms with van der Waals surface area (Å²) >= 11 is 0. The molecule has 0 radical (unpaired) electrons. The van der Waals surface area contributed by atoms with Crippen molar-refractivity contribution < 1.29 is 4.74 Å². The Bertz CT molecular complexity index is 600. The maximum Gasteiger partial charge on any atom is 0.156 e. The van der Waals surface area contributed by atoms with Crippen LogP contribution in [0.3, 0.4) is 0 Å². The van der Waals surface area contributed by atoms with Crippen molar-refractivity contribution in [3.05, 3.63) is 42.5 Å². The molecule has 1 aromatic heterocycles. The lowest BCUT2D eigenvalue weighted by atomic mass is 10.2. The fourth-order valence-corrected chi connectivity index (χ4v) is 2.05. The van der Waals surface area contributed by atoms with Crippen LogP contribution in [-0.2, 0) is 6.54 Å². The fraction of sp³-hybridized carbons (Fsp3) is 0.333. The van der Waals surface area contributed by atoms with Crippen molar-refractivity contribution in [3.8, 4) is 11.8 Å². The molecule has 1 atom stereocenters. The van der Waals surface area contributed by atoms with Gasteiger partial charge in [0.15, 0.2) is 6.04 Å². The van der Waals surface area contributed by atoms with Gasteiger partial charge in [0.1, 0.15) is 5.75 Å². The van der Waals surface area contributed by atoms with Crippen LogP contribution < -0.4 is 10.1 Å². The van der Waals surface area contributed by atoms with Gasteiger partial charge in [0.2, 0.25) is 0 Å². The molecule has 5 nitrogen and oxygen atoms in total. The molecule has 104 valence electrons. The lowest BCUT2D eigenvalue weighted by Gasteiger charge is -2.15. The van der Waals surface area contributed by atoms with E-state index in [1.54, 1.807) is 19.6 Å². The zero-order chi connectivity index (χ0) is 14.4. The zero-order valence-corrected chi connectivity index (χ0v) is 11.7. The van der Waals surface area contributed by atoms with Crippen molar-refractivity contribution >= 4 is 5.69 Å². The number of nitriles is 1. The summed E-state index contributed by atoms with van der Waals surface area (Å²) in [5.74, 6) is 0.758. The maximum atomic E-state index is 9.39. The Labute approximate surface area is 118 Å². The number of rotatable bonds is 6. The highest BCUT2D eigenvalue weighted by molar-refractivity contribution is 5.50. The highest BCUT2D eigenvalue weighted by Gasteiger charge is 2.15. The third kappa shape index (κ3) is 3.09. The number of anilines is 1. The van der Waals surface area contributed by atoms with E-state index in [9.17, 15) is 5.26 Å². The summed E-state index contributed by atoms with van der Waals surface area (Å²) < 4.78 is 7.18. The monoisotopic (exact) mass is 270 g/mol. The minimum absolute atomic E-state index is 0.434. The van der Waals surface area contributed by atoms with Gasteiger partial charge in [-0.05, 0) is 18.6 Å². The Morgan fingerprint density at radius 1 is 1.50 bits per heavy atom. The minimum atomic E-state index is -0.434. The molecular weight excluding hydrogens is 252 g/mol. The molecule has 1 heterocycles. The SMILES string of the molecule is CCCn1cncc1C(C#N)Nc1cccc(OC)c1. The summed E-state index contributed by atoms with van der Waals surface area (Å²) in [6.45, 7) is 2.95. The molecule has 0 saturated carbocycles. The Balaban J connectivity index is 2.20. The van der Waals surface area contributed by atoms with Gasteiger partial charge in [0.05, 0.1) is 31.4 Å². The molecule has 0 aliphatic carbocycles. The van der Waals surface area contributed by atoms with Crippen LogP contribution in [0.2, 0.25) is 0 Å². The van der Waals surface area contributed by atoms with Crippen molar-refractivity contribution in [1.82, 2.24) is 9.55 Å². The molecule has 0 bridgehead atoms. The van der Waals surface area contributed by atoms with E-state index in [4.69, 9.17) is 4.74 Å². The van der Waals surface area contributed by atoms with E-state index >= 15 is 0 Å². The quantitative estimate of drug-likeness (QED) is 0.876. The van der Waals surface area contributed by atoms with Gasteiger partial charge in [-0.2, -0.15) is 5.26 Å². The lowest BCUT2D eigenvalue weighted by Crippen LogP contribution is -2.13. The molecule has 1 aromatic carbocycles. The average molecular weight is 270 g/mol. The van der Waals surface area contributed by atoms with E-state index < -0.39 is 6.04 Å². The first-order valence-corrected chi connectivity index (χ1v) is 6.58. The number of benzene rings is 1. The molecule has 0 spiro atoms. The molecule has 2 aromatic rings. The van der Waals surface area contributed by atoms with Crippen LogP contribution in [0, 0.1) is 11.3 Å². The number of methoxy groups -OCH3 is 1. The molecule has 5 heteroatoms. The van der Waals surface area contributed by atoms with E-state index in [1.807, 2.05) is 28.8 Å². The van der Waals surface area contributed by atoms with Crippen molar-refractivity contribution in [1.29, 1.82) is 5.26 Å². The van der Waals surface area contributed by atoms with Crippen molar-refractivity contribution in [2.45, 2.75) is 25.9 Å². The number of imidazole rings is 1. The summed E-state index contributed by atoms with van der Waals surface area (Å²) in [6.07, 6.45) is 4.49. The molecule has 0 fully saturated rings. The largest absolute Gasteiger partial charge is 0.497 e. The van der Waals surface area contributed by atoms with Crippen LogP contribution in [0.5, 0.6) is 5.75 Å². The number of hydrogen-bond donors (Lipinski definition) is 1. The van der Waals surface area contributed by atoms with Crippen LogP contribution in [-0.4, -0.2) is 16.7 Å². The predicted molar refractivity (Wildman–Crippen MR) is 77.5 cm³/mol. The minimum Gasteiger partial charge on any atom is -0.497 e. The first-order chi connectivity index (χ1) is 9.78. The zero-order valence-electron chi connectivity index (χ0n) is 11.7. The molecule has 0 aliphatic rings. The van der Waals surface area contributed by atoms with Gasteiger partial charge in [-0.1, -0.05) is 13.0 Å². The molecule has 1 N–H and O–H groups in total. The highest BCUT2D eigenvalue weighted by atomic mass is 16.5. The number of aryl methyl sites for hydroxylation is 1.